The lowest BCUT2D eigenvalue weighted by Crippen LogP contribution is -2.31. The zero-order chi connectivity index (χ0) is 21.2. The molecule has 31 heavy (non-hydrogen) atoms. The van der Waals surface area contributed by atoms with Crippen LogP contribution in [0.25, 0.3) is 11.3 Å². The van der Waals surface area contributed by atoms with Gasteiger partial charge in [-0.3, -0.25) is 14.9 Å². The first kappa shape index (κ1) is 19.9. The van der Waals surface area contributed by atoms with Gasteiger partial charge in [0.15, 0.2) is 5.82 Å². The lowest BCUT2D eigenvalue weighted by molar-refractivity contribution is 0.242. The highest BCUT2D eigenvalue weighted by atomic mass is 19.1. The van der Waals surface area contributed by atoms with Crippen molar-refractivity contribution in [1.82, 2.24) is 19.9 Å². The smallest absolute Gasteiger partial charge is 0.173 e. The molecule has 0 N–H and O–H groups in total. The second-order valence-corrected chi connectivity index (χ2v) is 8.09. The van der Waals surface area contributed by atoms with Crippen molar-refractivity contribution in [1.29, 1.82) is 0 Å². The molecule has 0 unspecified atom stereocenters. The molecule has 0 atom stereocenters. The van der Waals surface area contributed by atoms with Gasteiger partial charge in [-0.05, 0) is 49.1 Å². The summed E-state index contributed by atoms with van der Waals surface area (Å²) in [5.41, 5.74) is 4.93. The number of hydrogen-bond acceptors (Lipinski definition) is 5. The fraction of sp³-hybridized carbons (Fsp3) is 0.333. The van der Waals surface area contributed by atoms with Crippen molar-refractivity contribution < 1.29 is 8.78 Å². The van der Waals surface area contributed by atoms with E-state index >= 15 is 0 Å². The summed E-state index contributed by atoms with van der Waals surface area (Å²) in [5.74, 6) is -0.167. The Bertz CT molecular complexity index is 1130. The van der Waals surface area contributed by atoms with Gasteiger partial charge in [-0.2, -0.15) is 0 Å². The van der Waals surface area contributed by atoms with Gasteiger partial charge in [-0.1, -0.05) is 6.07 Å². The summed E-state index contributed by atoms with van der Waals surface area (Å²) in [4.78, 5) is 20.6. The minimum Gasteiger partial charge on any atom is -0.294 e. The second kappa shape index (κ2) is 8.59. The first-order valence-electron chi connectivity index (χ1n) is 10.7. The van der Waals surface area contributed by atoms with Crippen LogP contribution >= 0.6 is 0 Å². The number of nitrogens with zero attached hydrogens (tertiary/aromatic N) is 5. The first-order chi connectivity index (χ1) is 15.2. The maximum absolute atomic E-state index is 14.0. The van der Waals surface area contributed by atoms with Gasteiger partial charge >= 0.3 is 0 Å². The van der Waals surface area contributed by atoms with E-state index in [0.29, 0.717) is 5.69 Å². The van der Waals surface area contributed by atoms with Crippen LogP contribution in [0.2, 0.25) is 0 Å². The van der Waals surface area contributed by atoms with Crippen LogP contribution in [0.4, 0.5) is 8.78 Å². The fourth-order valence-electron chi connectivity index (χ4n) is 4.16. The summed E-state index contributed by atoms with van der Waals surface area (Å²) in [6, 6.07) is 7.07. The molecule has 0 amide bonds. The lowest BCUT2D eigenvalue weighted by atomic mass is 10.0. The van der Waals surface area contributed by atoms with Crippen LogP contribution in [0.1, 0.15) is 41.9 Å². The average molecular weight is 419 g/mol. The Labute approximate surface area is 179 Å². The Balaban J connectivity index is 1.27. The number of hydrogen-bond donors (Lipinski definition) is 0. The standard InChI is InChI=1S/C24H23F2N5/c25-18-5-6-20(26)19(11-18)22-7-4-16(12-28-22)14-31-10-8-21-17(15-31)13-29-24(30-21)23-3-1-2-9-27-23/h4-7,11-13H,1-3,8-10,14-15H2. The predicted molar refractivity (Wildman–Crippen MR) is 115 cm³/mol. The molecule has 3 aromatic rings. The molecule has 4 heterocycles. The van der Waals surface area contributed by atoms with E-state index in [9.17, 15) is 8.78 Å². The highest BCUT2D eigenvalue weighted by Gasteiger charge is 2.20. The van der Waals surface area contributed by atoms with Gasteiger partial charge < -0.3 is 0 Å². The molecule has 158 valence electrons. The highest BCUT2D eigenvalue weighted by molar-refractivity contribution is 5.97. The van der Waals surface area contributed by atoms with Crippen molar-refractivity contribution in [3.05, 3.63) is 77.0 Å². The van der Waals surface area contributed by atoms with Crippen LogP contribution in [0, 0.1) is 11.6 Å². The SMILES string of the molecule is Fc1ccc(F)c(-c2ccc(CN3CCc4nc(C5=NCCCC5)ncc4C3)cn2)c1. The van der Waals surface area contributed by atoms with Crippen LogP contribution in [-0.4, -0.2) is 38.7 Å². The van der Waals surface area contributed by atoms with Crippen molar-refractivity contribution in [2.45, 2.75) is 38.8 Å². The molecule has 1 aromatic carbocycles. The van der Waals surface area contributed by atoms with E-state index in [1.807, 2.05) is 12.3 Å². The quantitative estimate of drug-likeness (QED) is 0.631. The molecule has 2 aromatic heterocycles. The van der Waals surface area contributed by atoms with Gasteiger partial charge in [-0.15, -0.1) is 0 Å². The fourth-order valence-corrected chi connectivity index (χ4v) is 4.16. The van der Waals surface area contributed by atoms with Crippen molar-refractivity contribution in [2.75, 3.05) is 13.1 Å². The maximum Gasteiger partial charge on any atom is 0.173 e. The molecule has 0 saturated carbocycles. The van der Waals surface area contributed by atoms with E-state index in [-0.39, 0.29) is 5.56 Å². The largest absolute Gasteiger partial charge is 0.294 e. The van der Waals surface area contributed by atoms with Gasteiger partial charge in [-0.25, -0.2) is 18.7 Å². The Morgan fingerprint density at radius 2 is 1.90 bits per heavy atom. The third-order valence-corrected chi connectivity index (χ3v) is 5.83. The zero-order valence-electron chi connectivity index (χ0n) is 17.2. The van der Waals surface area contributed by atoms with Gasteiger partial charge in [0.05, 0.1) is 17.1 Å². The molecule has 5 nitrogen and oxygen atoms in total. The van der Waals surface area contributed by atoms with Crippen molar-refractivity contribution in [3.8, 4) is 11.3 Å². The van der Waals surface area contributed by atoms with E-state index in [4.69, 9.17) is 4.98 Å². The number of rotatable bonds is 4. The predicted octanol–water partition coefficient (Wildman–Crippen LogP) is 4.35. The van der Waals surface area contributed by atoms with Gasteiger partial charge in [0, 0.05) is 56.1 Å². The summed E-state index contributed by atoms with van der Waals surface area (Å²) in [6.45, 7) is 3.29. The molecule has 0 saturated heterocycles. The lowest BCUT2D eigenvalue weighted by Gasteiger charge is -2.28. The number of aliphatic imine (C=N–C) groups is 1. The number of aromatic nitrogens is 3. The maximum atomic E-state index is 14.0. The Morgan fingerprint density at radius 1 is 0.968 bits per heavy atom. The molecular weight excluding hydrogens is 396 g/mol. The van der Waals surface area contributed by atoms with Crippen LogP contribution in [0.15, 0.2) is 47.7 Å². The summed E-state index contributed by atoms with van der Waals surface area (Å²) in [6.07, 6.45) is 7.82. The van der Waals surface area contributed by atoms with E-state index in [0.717, 1.165) is 92.4 Å². The Morgan fingerprint density at radius 3 is 2.71 bits per heavy atom. The third-order valence-electron chi connectivity index (χ3n) is 5.83. The van der Waals surface area contributed by atoms with E-state index in [1.165, 1.54) is 6.07 Å². The molecule has 0 aliphatic carbocycles. The van der Waals surface area contributed by atoms with Crippen LogP contribution in [0.3, 0.4) is 0 Å². The highest BCUT2D eigenvalue weighted by Crippen LogP contribution is 2.23. The molecule has 2 aliphatic rings. The van der Waals surface area contributed by atoms with Gasteiger partial charge in [0.25, 0.3) is 0 Å². The molecule has 5 rings (SSSR count). The minimum absolute atomic E-state index is 0.175. The van der Waals surface area contributed by atoms with Gasteiger partial charge in [0.2, 0.25) is 0 Å². The van der Waals surface area contributed by atoms with Crippen LogP contribution in [0.5, 0.6) is 0 Å². The molecular formula is C24H23F2N5. The minimum atomic E-state index is -0.479. The van der Waals surface area contributed by atoms with Crippen LogP contribution < -0.4 is 0 Å². The van der Waals surface area contributed by atoms with Crippen molar-refractivity contribution >= 4 is 5.71 Å². The molecule has 0 radical (unpaired) electrons. The summed E-state index contributed by atoms with van der Waals surface area (Å²) in [7, 11) is 0. The third kappa shape index (κ3) is 4.37. The molecule has 0 spiro atoms. The summed E-state index contributed by atoms with van der Waals surface area (Å²) < 4.78 is 27.4. The normalized spacial score (nSPS) is 16.6. The monoisotopic (exact) mass is 419 g/mol. The molecule has 2 aliphatic heterocycles. The number of benzene rings is 1. The number of halogens is 2. The Hall–Kier alpha value is -3.06. The molecule has 7 heteroatoms. The average Bonchev–Trinajstić information content (AvgIpc) is 2.81. The van der Waals surface area contributed by atoms with E-state index in [2.05, 4.69) is 19.9 Å². The van der Waals surface area contributed by atoms with Crippen LogP contribution in [-0.2, 0) is 19.5 Å². The van der Waals surface area contributed by atoms with Crippen molar-refractivity contribution in [3.63, 3.8) is 0 Å². The Kier molecular flexibility index (Phi) is 5.51. The second-order valence-electron chi connectivity index (χ2n) is 8.09. The van der Waals surface area contributed by atoms with Gasteiger partial charge in [0.1, 0.15) is 11.6 Å². The van der Waals surface area contributed by atoms with E-state index < -0.39 is 11.6 Å². The number of fused-ring (bicyclic) bond motifs is 1. The zero-order valence-corrected chi connectivity index (χ0v) is 17.2. The summed E-state index contributed by atoms with van der Waals surface area (Å²) in [5, 5.41) is 0. The number of pyridine rings is 1. The first-order valence-corrected chi connectivity index (χ1v) is 10.7. The summed E-state index contributed by atoms with van der Waals surface area (Å²) >= 11 is 0. The molecule has 0 fully saturated rings. The van der Waals surface area contributed by atoms with Crippen molar-refractivity contribution in [2.24, 2.45) is 4.99 Å². The van der Waals surface area contributed by atoms with E-state index in [1.54, 1.807) is 12.3 Å². The molecule has 0 bridgehead atoms. The topological polar surface area (TPSA) is 54.3 Å².